The Balaban J connectivity index is 2.11. The summed E-state index contributed by atoms with van der Waals surface area (Å²) in [7, 11) is 1.57. The van der Waals surface area contributed by atoms with Gasteiger partial charge in [-0.2, -0.15) is 0 Å². The van der Waals surface area contributed by atoms with Gasteiger partial charge in [0.1, 0.15) is 5.75 Å². The number of ether oxygens (including phenoxy) is 1. The van der Waals surface area contributed by atoms with Gasteiger partial charge < -0.3 is 14.5 Å². The number of carbonyl (C=O) groups is 2. The summed E-state index contributed by atoms with van der Waals surface area (Å²) in [6, 6.07) is 5.33. The lowest BCUT2D eigenvalue weighted by Gasteiger charge is -2.34. The van der Waals surface area contributed by atoms with Crippen LogP contribution in [0.1, 0.15) is 17.3 Å². The highest BCUT2D eigenvalue weighted by molar-refractivity contribution is 9.10. The molecular weight excluding hydrogens is 324 g/mol. The van der Waals surface area contributed by atoms with Crippen LogP contribution in [-0.2, 0) is 4.79 Å². The number of halogens is 1. The van der Waals surface area contributed by atoms with Gasteiger partial charge in [-0.05, 0) is 34.1 Å². The molecule has 2 rings (SSSR count). The molecule has 1 fully saturated rings. The predicted octanol–water partition coefficient (Wildman–Crippen LogP) is 1.76. The van der Waals surface area contributed by atoms with E-state index >= 15 is 0 Å². The van der Waals surface area contributed by atoms with Crippen LogP contribution in [0.2, 0.25) is 0 Å². The Hall–Kier alpha value is -1.56. The Morgan fingerprint density at radius 1 is 1.15 bits per heavy atom. The number of benzene rings is 1. The molecule has 0 atom stereocenters. The minimum absolute atomic E-state index is 0.0426. The van der Waals surface area contributed by atoms with Gasteiger partial charge in [0.2, 0.25) is 5.91 Å². The molecule has 1 heterocycles. The zero-order chi connectivity index (χ0) is 14.7. The summed E-state index contributed by atoms with van der Waals surface area (Å²) >= 11 is 3.39. The van der Waals surface area contributed by atoms with Crippen molar-refractivity contribution in [2.45, 2.75) is 6.92 Å². The van der Waals surface area contributed by atoms with Gasteiger partial charge in [-0.25, -0.2) is 0 Å². The maximum absolute atomic E-state index is 12.5. The van der Waals surface area contributed by atoms with Gasteiger partial charge in [0.25, 0.3) is 5.91 Å². The van der Waals surface area contributed by atoms with Crippen LogP contribution in [0, 0.1) is 0 Å². The molecule has 0 N–H and O–H groups in total. The van der Waals surface area contributed by atoms with E-state index in [2.05, 4.69) is 15.9 Å². The maximum Gasteiger partial charge on any atom is 0.255 e. The van der Waals surface area contributed by atoms with Gasteiger partial charge in [-0.3, -0.25) is 9.59 Å². The molecule has 0 saturated carbocycles. The minimum atomic E-state index is -0.0426. The molecular formula is C14H17BrN2O3. The highest BCUT2D eigenvalue weighted by Gasteiger charge is 2.24. The first-order chi connectivity index (χ1) is 9.52. The zero-order valence-electron chi connectivity index (χ0n) is 11.6. The number of piperazine rings is 1. The fourth-order valence-electron chi connectivity index (χ4n) is 2.19. The number of amides is 2. The second-order valence-electron chi connectivity index (χ2n) is 4.64. The lowest BCUT2D eigenvalue weighted by molar-refractivity contribution is -0.130. The quantitative estimate of drug-likeness (QED) is 0.824. The molecule has 2 amide bonds. The Kier molecular flexibility index (Phi) is 4.65. The van der Waals surface area contributed by atoms with Crippen LogP contribution in [0.15, 0.2) is 22.7 Å². The highest BCUT2D eigenvalue weighted by Crippen LogP contribution is 2.24. The zero-order valence-corrected chi connectivity index (χ0v) is 13.1. The summed E-state index contributed by atoms with van der Waals surface area (Å²) in [5, 5.41) is 0. The van der Waals surface area contributed by atoms with Gasteiger partial charge in [0.05, 0.1) is 12.7 Å². The number of methoxy groups -OCH3 is 1. The van der Waals surface area contributed by atoms with E-state index < -0.39 is 0 Å². The van der Waals surface area contributed by atoms with Crippen molar-refractivity contribution in [3.63, 3.8) is 0 Å². The van der Waals surface area contributed by atoms with E-state index in [4.69, 9.17) is 4.74 Å². The van der Waals surface area contributed by atoms with Gasteiger partial charge in [-0.1, -0.05) is 0 Å². The van der Waals surface area contributed by atoms with Gasteiger partial charge in [0, 0.05) is 37.6 Å². The molecule has 0 radical (unpaired) electrons. The van der Waals surface area contributed by atoms with Gasteiger partial charge in [0.15, 0.2) is 0 Å². The number of hydrogen-bond acceptors (Lipinski definition) is 3. The molecule has 1 saturated heterocycles. The highest BCUT2D eigenvalue weighted by atomic mass is 79.9. The third kappa shape index (κ3) is 3.12. The molecule has 1 aliphatic rings. The SMILES string of the molecule is COc1ccc(Br)c(C(=O)N2CCN(C(C)=O)CC2)c1. The van der Waals surface area contributed by atoms with Crippen molar-refractivity contribution in [2.24, 2.45) is 0 Å². The summed E-state index contributed by atoms with van der Waals surface area (Å²) in [5.74, 6) is 0.664. The van der Waals surface area contributed by atoms with E-state index in [9.17, 15) is 9.59 Å². The molecule has 0 aliphatic carbocycles. The first-order valence-electron chi connectivity index (χ1n) is 6.41. The fraction of sp³-hybridized carbons (Fsp3) is 0.429. The van der Waals surface area contributed by atoms with Crippen molar-refractivity contribution < 1.29 is 14.3 Å². The fourth-order valence-corrected chi connectivity index (χ4v) is 2.61. The van der Waals surface area contributed by atoms with Crippen molar-refractivity contribution in [3.8, 4) is 5.75 Å². The van der Waals surface area contributed by atoms with E-state index in [0.717, 1.165) is 4.47 Å². The summed E-state index contributed by atoms with van der Waals surface area (Å²) in [6.07, 6.45) is 0. The largest absolute Gasteiger partial charge is 0.497 e. The van der Waals surface area contributed by atoms with Crippen LogP contribution in [0.5, 0.6) is 5.75 Å². The monoisotopic (exact) mass is 340 g/mol. The Bertz CT molecular complexity index is 525. The minimum Gasteiger partial charge on any atom is -0.497 e. The van der Waals surface area contributed by atoms with Crippen LogP contribution >= 0.6 is 15.9 Å². The van der Waals surface area contributed by atoms with E-state index in [1.807, 2.05) is 0 Å². The average Bonchev–Trinajstić information content (AvgIpc) is 2.47. The summed E-state index contributed by atoms with van der Waals surface area (Å²) in [5.41, 5.74) is 0.584. The van der Waals surface area contributed by atoms with Gasteiger partial charge in [-0.15, -0.1) is 0 Å². The first-order valence-corrected chi connectivity index (χ1v) is 7.20. The van der Waals surface area contributed by atoms with Crippen molar-refractivity contribution in [2.75, 3.05) is 33.3 Å². The van der Waals surface area contributed by atoms with Crippen molar-refractivity contribution in [1.82, 2.24) is 9.80 Å². The molecule has 0 aromatic heterocycles. The number of nitrogens with zero attached hydrogens (tertiary/aromatic N) is 2. The van der Waals surface area contributed by atoms with E-state index in [0.29, 0.717) is 37.5 Å². The molecule has 20 heavy (non-hydrogen) atoms. The van der Waals surface area contributed by atoms with Crippen LogP contribution in [0.3, 0.4) is 0 Å². The smallest absolute Gasteiger partial charge is 0.255 e. The number of rotatable bonds is 2. The Labute approximate surface area is 126 Å². The van der Waals surface area contributed by atoms with Crippen molar-refractivity contribution >= 4 is 27.7 Å². The molecule has 5 nitrogen and oxygen atoms in total. The third-order valence-electron chi connectivity index (χ3n) is 3.42. The van der Waals surface area contributed by atoms with Crippen LogP contribution in [0.25, 0.3) is 0 Å². The summed E-state index contributed by atoms with van der Waals surface area (Å²) in [4.78, 5) is 27.3. The lowest BCUT2D eigenvalue weighted by Crippen LogP contribution is -2.50. The van der Waals surface area contributed by atoms with Crippen LogP contribution < -0.4 is 4.74 Å². The maximum atomic E-state index is 12.5. The second kappa shape index (κ2) is 6.26. The van der Waals surface area contributed by atoms with Crippen LogP contribution in [-0.4, -0.2) is 54.9 Å². The number of hydrogen-bond donors (Lipinski definition) is 0. The normalized spacial score (nSPS) is 15.2. The molecule has 1 aromatic carbocycles. The molecule has 1 aromatic rings. The summed E-state index contributed by atoms with van der Waals surface area (Å²) < 4.78 is 5.90. The topological polar surface area (TPSA) is 49.9 Å². The van der Waals surface area contributed by atoms with Crippen molar-refractivity contribution in [1.29, 1.82) is 0 Å². The predicted molar refractivity (Wildman–Crippen MR) is 78.9 cm³/mol. The van der Waals surface area contributed by atoms with E-state index in [1.54, 1.807) is 42.0 Å². The van der Waals surface area contributed by atoms with E-state index in [1.165, 1.54) is 0 Å². The molecule has 6 heteroatoms. The van der Waals surface area contributed by atoms with Gasteiger partial charge >= 0.3 is 0 Å². The standard InChI is InChI=1S/C14H17BrN2O3/c1-10(18)16-5-7-17(8-6-16)14(19)12-9-11(20-2)3-4-13(12)15/h3-4,9H,5-8H2,1-2H3. The number of carbonyl (C=O) groups excluding carboxylic acids is 2. The molecule has 0 spiro atoms. The first kappa shape index (κ1) is 14.8. The molecule has 1 aliphatic heterocycles. The average molecular weight is 341 g/mol. The summed E-state index contributed by atoms with van der Waals surface area (Å²) in [6.45, 7) is 3.84. The van der Waals surface area contributed by atoms with E-state index in [-0.39, 0.29) is 11.8 Å². The van der Waals surface area contributed by atoms with Crippen LogP contribution in [0.4, 0.5) is 0 Å². The molecule has 108 valence electrons. The molecule has 0 unspecified atom stereocenters. The van der Waals surface area contributed by atoms with Crippen molar-refractivity contribution in [3.05, 3.63) is 28.2 Å². The Morgan fingerprint density at radius 3 is 2.30 bits per heavy atom. The second-order valence-corrected chi connectivity index (χ2v) is 5.50. The third-order valence-corrected chi connectivity index (χ3v) is 4.11. The lowest BCUT2D eigenvalue weighted by atomic mass is 10.1. The Morgan fingerprint density at radius 2 is 1.75 bits per heavy atom. The molecule has 0 bridgehead atoms.